The molecule has 1 atom stereocenters. The predicted octanol–water partition coefficient (Wildman–Crippen LogP) is 2.93. The van der Waals surface area contributed by atoms with E-state index < -0.39 is 58.0 Å². The van der Waals surface area contributed by atoms with Gasteiger partial charge in [-0.15, -0.1) is 11.3 Å². The van der Waals surface area contributed by atoms with E-state index in [2.05, 4.69) is 9.71 Å². The smallest absolute Gasteiger partial charge is 0.254 e. The quantitative estimate of drug-likeness (QED) is 0.355. The molecule has 1 unspecified atom stereocenters. The summed E-state index contributed by atoms with van der Waals surface area (Å²) in [6, 6.07) is 1.55. The van der Waals surface area contributed by atoms with E-state index in [0.717, 1.165) is 0 Å². The second-order valence-corrected chi connectivity index (χ2v) is 11.6. The molecule has 0 aliphatic carbocycles. The predicted molar refractivity (Wildman–Crippen MR) is 122 cm³/mol. The Hall–Kier alpha value is -2.01. The monoisotopic (exact) mass is 517 g/mol. The molecule has 188 valence electrons. The number of halogens is 2. The van der Waals surface area contributed by atoms with E-state index in [4.69, 9.17) is 0 Å². The van der Waals surface area contributed by atoms with Gasteiger partial charge in [-0.2, -0.15) is 9.98 Å². The molecule has 0 amide bonds. The van der Waals surface area contributed by atoms with Gasteiger partial charge >= 0.3 is 0 Å². The van der Waals surface area contributed by atoms with Crippen molar-refractivity contribution in [2.24, 2.45) is 0 Å². The number of aliphatic hydroxyl groups excluding tert-OH is 2. The molecule has 12 heteroatoms. The van der Waals surface area contributed by atoms with Gasteiger partial charge in [-0.25, -0.2) is 22.2 Å². The first-order chi connectivity index (χ1) is 15.7. The normalized spacial score (nSPS) is 13.4. The summed E-state index contributed by atoms with van der Waals surface area (Å²) in [5, 5.41) is 39.6. The topological polar surface area (TPSA) is 144 Å². The number of nitrogens with one attached hydrogen (secondary N) is 1. The van der Waals surface area contributed by atoms with Crippen molar-refractivity contribution in [1.82, 2.24) is 9.71 Å². The largest absolute Gasteiger partial charge is 0.390 e. The number of hydrogen-bond acceptors (Lipinski definition) is 8. The van der Waals surface area contributed by atoms with E-state index in [0.29, 0.717) is 17.8 Å². The minimum Gasteiger partial charge on any atom is -0.390 e. The summed E-state index contributed by atoms with van der Waals surface area (Å²) in [4.78, 5) is 3.96. The van der Waals surface area contributed by atoms with Gasteiger partial charge in [0.2, 0.25) is 0 Å². The van der Waals surface area contributed by atoms with Crippen molar-refractivity contribution in [1.29, 1.82) is 5.26 Å². The van der Waals surface area contributed by atoms with E-state index in [-0.39, 0.29) is 38.0 Å². The maximum atomic E-state index is 15.0. The van der Waals surface area contributed by atoms with E-state index in [1.165, 1.54) is 13.8 Å². The highest BCUT2D eigenvalue weighted by molar-refractivity contribution is 7.91. The molecule has 0 aliphatic heterocycles. The fraction of sp³-hybridized carbons (Fsp3) is 0.545. The Morgan fingerprint density at radius 2 is 1.85 bits per heavy atom. The highest BCUT2D eigenvalue weighted by atomic mass is 32.2. The molecule has 0 saturated carbocycles. The van der Waals surface area contributed by atoms with Gasteiger partial charge in [0.25, 0.3) is 10.0 Å². The van der Waals surface area contributed by atoms with E-state index in [1.807, 2.05) is 0 Å². The Morgan fingerprint density at radius 1 is 1.24 bits per heavy atom. The van der Waals surface area contributed by atoms with Gasteiger partial charge in [0.1, 0.15) is 40.1 Å². The summed E-state index contributed by atoms with van der Waals surface area (Å²) >= 11 is 0.637. The van der Waals surface area contributed by atoms with Crippen molar-refractivity contribution >= 4 is 21.4 Å². The van der Waals surface area contributed by atoms with Crippen LogP contribution >= 0.6 is 11.3 Å². The van der Waals surface area contributed by atoms with Crippen LogP contribution in [0.25, 0.3) is 0 Å². The summed E-state index contributed by atoms with van der Waals surface area (Å²) in [7, 11) is -4.41. The van der Waals surface area contributed by atoms with E-state index >= 15 is 0 Å². The van der Waals surface area contributed by atoms with Gasteiger partial charge < -0.3 is 15.3 Å². The molecular formula is C22H29F2N3O5S2. The standard InChI is InChI=1S/C22H29F2N3O5S2/c1-6-7-12-13(17(11(2)3)19(24)14(9-25)18(12)23)8-16(29)27-34(31,32)20-15(10-28)26-21(33-20)22(4,5)30/h11,16,27-30H,6-8,10H2,1-5H3. The molecule has 0 saturated heterocycles. The first-order valence-electron chi connectivity index (χ1n) is 10.7. The molecule has 8 nitrogen and oxygen atoms in total. The van der Waals surface area contributed by atoms with Crippen molar-refractivity contribution in [3.8, 4) is 6.07 Å². The highest BCUT2D eigenvalue weighted by Gasteiger charge is 2.32. The Morgan fingerprint density at radius 3 is 2.32 bits per heavy atom. The van der Waals surface area contributed by atoms with Gasteiger partial charge in [0.05, 0.1) is 12.3 Å². The number of sulfonamides is 1. The molecule has 34 heavy (non-hydrogen) atoms. The van der Waals surface area contributed by atoms with Crippen molar-refractivity contribution in [2.45, 2.75) is 82.4 Å². The van der Waals surface area contributed by atoms with Crippen LogP contribution in [0.2, 0.25) is 0 Å². The van der Waals surface area contributed by atoms with Crippen molar-refractivity contribution in [3.05, 3.63) is 44.6 Å². The van der Waals surface area contributed by atoms with Crippen LogP contribution in [-0.4, -0.2) is 34.9 Å². The summed E-state index contributed by atoms with van der Waals surface area (Å²) in [5.41, 5.74) is -2.17. The number of aliphatic hydroxyl groups is 3. The molecule has 2 rings (SSSR count). The van der Waals surface area contributed by atoms with Gasteiger partial charge in [-0.1, -0.05) is 27.2 Å². The summed E-state index contributed by atoms with van der Waals surface area (Å²) in [6.07, 6.45) is -1.59. The number of aromatic nitrogens is 1. The number of rotatable bonds is 10. The van der Waals surface area contributed by atoms with Crippen LogP contribution in [0, 0.1) is 23.0 Å². The molecule has 0 spiro atoms. The van der Waals surface area contributed by atoms with Crippen LogP contribution in [0.4, 0.5) is 8.78 Å². The molecule has 0 bridgehead atoms. The van der Waals surface area contributed by atoms with Crippen LogP contribution < -0.4 is 4.72 Å². The van der Waals surface area contributed by atoms with Crippen LogP contribution in [-0.2, 0) is 35.1 Å². The van der Waals surface area contributed by atoms with Crippen molar-refractivity contribution in [3.63, 3.8) is 0 Å². The van der Waals surface area contributed by atoms with Gasteiger partial charge in [0, 0.05) is 6.42 Å². The minimum absolute atomic E-state index is 0.0396. The van der Waals surface area contributed by atoms with Gasteiger partial charge in [-0.05, 0) is 42.9 Å². The second-order valence-electron chi connectivity index (χ2n) is 8.70. The fourth-order valence-corrected chi connectivity index (χ4v) is 6.23. The van der Waals surface area contributed by atoms with Crippen LogP contribution in [0.1, 0.15) is 79.9 Å². The summed E-state index contributed by atoms with van der Waals surface area (Å²) in [5.74, 6) is -2.52. The molecule has 1 heterocycles. The second kappa shape index (κ2) is 10.7. The molecule has 0 fully saturated rings. The van der Waals surface area contributed by atoms with Crippen LogP contribution in [0.15, 0.2) is 4.21 Å². The maximum absolute atomic E-state index is 15.0. The zero-order valence-electron chi connectivity index (χ0n) is 19.6. The molecular weight excluding hydrogens is 488 g/mol. The number of benzene rings is 1. The Labute approximate surface area is 202 Å². The first-order valence-corrected chi connectivity index (χ1v) is 13.0. The molecule has 4 N–H and O–H groups in total. The Bertz CT molecular complexity index is 1200. The number of thiazole rings is 1. The third-order valence-electron chi connectivity index (χ3n) is 5.09. The third kappa shape index (κ3) is 5.79. The van der Waals surface area contributed by atoms with Gasteiger partial charge in [-0.3, -0.25) is 0 Å². The lowest BCUT2D eigenvalue weighted by Gasteiger charge is -2.22. The minimum atomic E-state index is -4.41. The SMILES string of the molecule is CCCc1c(F)c(C#N)c(F)c(C(C)C)c1CC(O)NS(=O)(=O)c1sc(C(C)(C)O)nc1CO. The third-order valence-corrected chi connectivity index (χ3v) is 8.51. The zero-order chi connectivity index (χ0) is 26.0. The lowest BCUT2D eigenvalue weighted by Crippen LogP contribution is -2.37. The molecule has 1 aromatic carbocycles. The van der Waals surface area contributed by atoms with Crippen LogP contribution in [0.5, 0.6) is 0 Å². The fourth-order valence-electron chi connectivity index (χ4n) is 3.63. The maximum Gasteiger partial charge on any atom is 0.254 e. The molecule has 0 aliphatic rings. The highest BCUT2D eigenvalue weighted by Crippen LogP contribution is 2.34. The molecule has 0 radical (unpaired) electrons. The zero-order valence-corrected chi connectivity index (χ0v) is 21.2. The number of nitriles is 1. The first kappa shape index (κ1) is 28.2. The number of nitrogens with zero attached hydrogens (tertiary/aromatic N) is 2. The average Bonchev–Trinajstić information content (AvgIpc) is 3.16. The lowest BCUT2D eigenvalue weighted by atomic mass is 9.86. The lowest BCUT2D eigenvalue weighted by molar-refractivity contribution is 0.0779. The van der Waals surface area contributed by atoms with E-state index in [9.17, 15) is 37.8 Å². The van der Waals surface area contributed by atoms with Crippen molar-refractivity contribution < 1.29 is 32.5 Å². The number of hydrogen-bond donors (Lipinski definition) is 4. The molecule has 1 aromatic heterocycles. The van der Waals surface area contributed by atoms with Gasteiger partial charge in [0.15, 0.2) is 4.21 Å². The van der Waals surface area contributed by atoms with Crippen molar-refractivity contribution in [2.75, 3.05) is 0 Å². The summed E-state index contributed by atoms with van der Waals surface area (Å²) in [6.45, 7) is 7.16. The van der Waals surface area contributed by atoms with Crippen LogP contribution in [0.3, 0.4) is 0 Å². The van der Waals surface area contributed by atoms with E-state index in [1.54, 1.807) is 26.8 Å². The Balaban J connectivity index is 2.52. The average molecular weight is 518 g/mol. The molecule has 2 aromatic rings. The Kier molecular flexibility index (Phi) is 8.90. The summed E-state index contributed by atoms with van der Waals surface area (Å²) < 4.78 is 57.5.